The van der Waals surface area contributed by atoms with E-state index < -0.39 is 0 Å². The zero-order chi connectivity index (χ0) is 11.3. The minimum atomic E-state index is 0.0689. The molecular weight excluding hydrogens is 190 g/mol. The average molecular weight is 211 g/mol. The van der Waals surface area contributed by atoms with Gasteiger partial charge >= 0.3 is 0 Å². The van der Waals surface area contributed by atoms with Crippen LogP contribution < -0.4 is 11.1 Å². The van der Waals surface area contributed by atoms with Crippen LogP contribution in [0.3, 0.4) is 0 Å². The molecule has 0 aromatic heterocycles. The predicted octanol–water partition coefficient (Wildman–Crippen LogP) is -0.0423. The van der Waals surface area contributed by atoms with Crippen LogP contribution in [-0.4, -0.2) is 43.0 Å². The van der Waals surface area contributed by atoms with Crippen molar-refractivity contribution in [2.45, 2.75) is 19.4 Å². The third-order valence-corrected chi connectivity index (χ3v) is 2.91. The lowest BCUT2D eigenvalue weighted by atomic mass is 10.1. The number of nitrogens with zero attached hydrogens (tertiary/aromatic N) is 1. The van der Waals surface area contributed by atoms with Crippen LogP contribution in [0, 0.1) is 5.92 Å². The zero-order valence-electron chi connectivity index (χ0n) is 9.41. The fourth-order valence-corrected chi connectivity index (χ4v) is 2.04. The smallest absolute Gasteiger partial charge is 0.234 e. The summed E-state index contributed by atoms with van der Waals surface area (Å²) in [7, 11) is 0. The highest BCUT2D eigenvalue weighted by atomic mass is 16.2. The maximum Gasteiger partial charge on any atom is 0.234 e. The van der Waals surface area contributed by atoms with Gasteiger partial charge in [0.05, 0.1) is 6.54 Å². The number of amides is 1. The van der Waals surface area contributed by atoms with Crippen molar-refractivity contribution in [1.82, 2.24) is 10.2 Å². The molecule has 0 aliphatic carbocycles. The van der Waals surface area contributed by atoms with E-state index in [0.717, 1.165) is 19.5 Å². The predicted molar refractivity (Wildman–Crippen MR) is 61.4 cm³/mol. The summed E-state index contributed by atoms with van der Waals surface area (Å²) in [5.74, 6) is 0.617. The first-order chi connectivity index (χ1) is 7.17. The lowest BCUT2D eigenvalue weighted by Crippen LogP contribution is -2.39. The second kappa shape index (κ2) is 5.88. The molecule has 1 heterocycles. The Hall–Kier alpha value is -0.870. The van der Waals surface area contributed by atoms with Gasteiger partial charge in [-0.05, 0) is 25.8 Å². The van der Waals surface area contributed by atoms with E-state index in [-0.39, 0.29) is 5.91 Å². The van der Waals surface area contributed by atoms with E-state index in [1.54, 1.807) is 6.08 Å². The molecule has 1 rings (SSSR count). The van der Waals surface area contributed by atoms with Gasteiger partial charge in [-0.1, -0.05) is 6.08 Å². The molecule has 1 fully saturated rings. The van der Waals surface area contributed by atoms with Crippen LogP contribution in [-0.2, 0) is 4.79 Å². The molecule has 1 aliphatic rings. The van der Waals surface area contributed by atoms with Crippen LogP contribution in [0.2, 0.25) is 0 Å². The van der Waals surface area contributed by atoms with E-state index in [4.69, 9.17) is 5.73 Å². The molecule has 0 bridgehead atoms. The Balaban J connectivity index is 2.32. The van der Waals surface area contributed by atoms with Crippen LogP contribution in [0.4, 0.5) is 0 Å². The fraction of sp³-hybridized carbons (Fsp3) is 0.727. The van der Waals surface area contributed by atoms with E-state index in [1.807, 2.05) is 0 Å². The first-order valence-corrected chi connectivity index (χ1v) is 5.49. The minimum absolute atomic E-state index is 0.0689. The number of nitrogens with two attached hydrogens (primary N) is 1. The Morgan fingerprint density at radius 1 is 1.73 bits per heavy atom. The molecule has 4 nitrogen and oxygen atoms in total. The lowest BCUT2D eigenvalue weighted by Gasteiger charge is -2.19. The molecule has 15 heavy (non-hydrogen) atoms. The van der Waals surface area contributed by atoms with E-state index in [2.05, 4.69) is 23.7 Å². The van der Waals surface area contributed by atoms with Crippen molar-refractivity contribution in [2.75, 3.05) is 26.2 Å². The summed E-state index contributed by atoms with van der Waals surface area (Å²) >= 11 is 0. The number of hydrogen-bond donors (Lipinski definition) is 2. The number of carbonyl (C=O) groups is 1. The molecule has 86 valence electrons. The lowest BCUT2D eigenvalue weighted by molar-refractivity contribution is -0.122. The first-order valence-electron chi connectivity index (χ1n) is 5.49. The Morgan fingerprint density at radius 3 is 3.00 bits per heavy atom. The van der Waals surface area contributed by atoms with Crippen LogP contribution in [0.25, 0.3) is 0 Å². The molecule has 0 aromatic rings. The third kappa shape index (κ3) is 3.64. The Kier molecular flexibility index (Phi) is 4.78. The molecule has 0 radical (unpaired) electrons. The molecule has 2 atom stereocenters. The first kappa shape index (κ1) is 12.2. The van der Waals surface area contributed by atoms with E-state index in [0.29, 0.717) is 25.0 Å². The Labute approximate surface area is 91.5 Å². The fourth-order valence-electron chi connectivity index (χ4n) is 2.04. The topological polar surface area (TPSA) is 58.4 Å². The summed E-state index contributed by atoms with van der Waals surface area (Å²) in [6.45, 7) is 8.39. The van der Waals surface area contributed by atoms with Gasteiger partial charge in [0.2, 0.25) is 5.91 Å². The number of carbonyl (C=O) groups excluding carboxylic acids is 1. The van der Waals surface area contributed by atoms with Crippen LogP contribution in [0.15, 0.2) is 12.7 Å². The Morgan fingerprint density at radius 2 is 2.47 bits per heavy atom. The van der Waals surface area contributed by atoms with E-state index in [1.165, 1.54) is 0 Å². The van der Waals surface area contributed by atoms with Crippen LogP contribution >= 0.6 is 0 Å². The molecule has 0 spiro atoms. The maximum absolute atomic E-state index is 11.5. The van der Waals surface area contributed by atoms with Crippen molar-refractivity contribution in [3.05, 3.63) is 12.7 Å². The molecule has 2 unspecified atom stereocenters. The normalized spacial score (nSPS) is 26.5. The molecule has 1 amide bonds. The standard InChI is InChI=1S/C11H21N3O/c1-3-4-13-11(15)8-14-7-10(6-12)5-9(14)2/h3,9-10H,1,4-8,12H2,2H3,(H,13,15). The largest absolute Gasteiger partial charge is 0.352 e. The molecule has 4 heteroatoms. The molecule has 1 aliphatic heterocycles. The highest BCUT2D eigenvalue weighted by Gasteiger charge is 2.28. The SMILES string of the molecule is C=CCNC(=O)CN1CC(CN)CC1C. The van der Waals surface area contributed by atoms with Crippen molar-refractivity contribution in [3.8, 4) is 0 Å². The van der Waals surface area contributed by atoms with Crippen LogP contribution in [0.5, 0.6) is 0 Å². The number of rotatable bonds is 5. The van der Waals surface area contributed by atoms with Gasteiger partial charge in [0.1, 0.15) is 0 Å². The highest BCUT2D eigenvalue weighted by Crippen LogP contribution is 2.21. The van der Waals surface area contributed by atoms with Crippen molar-refractivity contribution >= 4 is 5.91 Å². The van der Waals surface area contributed by atoms with Crippen LogP contribution in [0.1, 0.15) is 13.3 Å². The van der Waals surface area contributed by atoms with Gasteiger partial charge in [-0.2, -0.15) is 0 Å². The van der Waals surface area contributed by atoms with Crippen molar-refractivity contribution in [1.29, 1.82) is 0 Å². The quantitative estimate of drug-likeness (QED) is 0.627. The summed E-state index contributed by atoms with van der Waals surface area (Å²) in [5, 5.41) is 2.78. The molecule has 0 aromatic carbocycles. The van der Waals surface area contributed by atoms with Gasteiger partial charge in [-0.15, -0.1) is 6.58 Å². The summed E-state index contributed by atoms with van der Waals surface area (Å²) < 4.78 is 0. The summed E-state index contributed by atoms with van der Waals surface area (Å²) in [5.41, 5.74) is 5.63. The second-order valence-electron chi connectivity index (χ2n) is 4.21. The number of nitrogens with one attached hydrogen (secondary N) is 1. The van der Waals surface area contributed by atoms with Gasteiger partial charge in [-0.3, -0.25) is 9.69 Å². The van der Waals surface area contributed by atoms with Crippen molar-refractivity contribution in [3.63, 3.8) is 0 Å². The molecule has 0 saturated carbocycles. The van der Waals surface area contributed by atoms with Crippen molar-refractivity contribution in [2.24, 2.45) is 11.7 Å². The number of likely N-dealkylation sites (tertiary alicyclic amines) is 1. The van der Waals surface area contributed by atoms with Gasteiger partial charge in [0.15, 0.2) is 0 Å². The van der Waals surface area contributed by atoms with Crippen molar-refractivity contribution < 1.29 is 4.79 Å². The van der Waals surface area contributed by atoms with Gasteiger partial charge in [0, 0.05) is 19.1 Å². The average Bonchev–Trinajstić information content (AvgIpc) is 2.57. The molecule has 1 saturated heterocycles. The summed E-state index contributed by atoms with van der Waals surface area (Å²) in [6.07, 6.45) is 2.79. The second-order valence-corrected chi connectivity index (χ2v) is 4.21. The minimum Gasteiger partial charge on any atom is -0.352 e. The Bertz CT molecular complexity index is 230. The monoisotopic (exact) mass is 211 g/mol. The summed E-state index contributed by atoms with van der Waals surface area (Å²) in [6, 6.07) is 0.466. The number of hydrogen-bond acceptors (Lipinski definition) is 3. The molecular formula is C11H21N3O. The van der Waals surface area contributed by atoms with Gasteiger partial charge in [-0.25, -0.2) is 0 Å². The van der Waals surface area contributed by atoms with E-state index >= 15 is 0 Å². The van der Waals surface area contributed by atoms with Gasteiger partial charge < -0.3 is 11.1 Å². The third-order valence-electron chi connectivity index (χ3n) is 2.91. The summed E-state index contributed by atoms with van der Waals surface area (Å²) in [4.78, 5) is 13.7. The zero-order valence-corrected chi connectivity index (χ0v) is 9.41. The maximum atomic E-state index is 11.5. The molecule has 3 N–H and O–H groups in total. The van der Waals surface area contributed by atoms with Gasteiger partial charge in [0.25, 0.3) is 0 Å². The highest BCUT2D eigenvalue weighted by molar-refractivity contribution is 5.78. The van der Waals surface area contributed by atoms with E-state index in [9.17, 15) is 4.79 Å².